The SMILES string of the molecule is CCN1CC[C@@H]2C[C@@H](N3CCOCC3)CC[C@@]2(C(=O)N2CC(c3ccccn3)C2)C1. The van der Waals surface area contributed by atoms with Gasteiger partial charge >= 0.3 is 0 Å². The van der Waals surface area contributed by atoms with Gasteiger partial charge in [0, 0.05) is 56.6 Å². The molecule has 5 rings (SSSR count). The van der Waals surface area contributed by atoms with E-state index in [1.54, 1.807) is 0 Å². The Labute approximate surface area is 180 Å². The van der Waals surface area contributed by atoms with Crippen molar-refractivity contribution >= 4 is 5.91 Å². The molecule has 0 aromatic carbocycles. The molecule has 3 saturated heterocycles. The van der Waals surface area contributed by atoms with Crippen molar-refractivity contribution < 1.29 is 9.53 Å². The largest absolute Gasteiger partial charge is 0.379 e. The van der Waals surface area contributed by atoms with Crippen molar-refractivity contribution in [2.24, 2.45) is 11.3 Å². The topological polar surface area (TPSA) is 48.9 Å². The first kappa shape index (κ1) is 20.4. The molecule has 30 heavy (non-hydrogen) atoms. The zero-order chi connectivity index (χ0) is 20.6. The Morgan fingerprint density at radius 3 is 2.77 bits per heavy atom. The lowest BCUT2D eigenvalue weighted by Crippen LogP contribution is -2.64. The van der Waals surface area contributed by atoms with E-state index in [9.17, 15) is 4.79 Å². The van der Waals surface area contributed by atoms with Crippen LogP contribution in [0.2, 0.25) is 0 Å². The van der Waals surface area contributed by atoms with Gasteiger partial charge in [-0.05, 0) is 56.8 Å². The highest BCUT2D eigenvalue weighted by atomic mass is 16.5. The molecule has 4 fully saturated rings. The van der Waals surface area contributed by atoms with Gasteiger partial charge in [-0.1, -0.05) is 13.0 Å². The van der Waals surface area contributed by atoms with E-state index in [4.69, 9.17) is 4.74 Å². The van der Waals surface area contributed by atoms with E-state index in [-0.39, 0.29) is 5.41 Å². The average Bonchev–Trinajstić information content (AvgIpc) is 2.78. The van der Waals surface area contributed by atoms with Gasteiger partial charge in [0.2, 0.25) is 5.91 Å². The highest BCUT2D eigenvalue weighted by Gasteiger charge is 2.55. The Morgan fingerprint density at radius 1 is 1.20 bits per heavy atom. The van der Waals surface area contributed by atoms with Gasteiger partial charge in [-0.2, -0.15) is 0 Å². The van der Waals surface area contributed by atoms with E-state index in [0.717, 1.165) is 84.0 Å². The van der Waals surface area contributed by atoms with Crippen LogP contribution in [-0.4, -0.2) is 90.7 Å². The van der Waals surface area contributed by atoms with Crippen LogP contribution in [0, 0.1) is 11.3 Å². The second-order valence-corrected chi connectivity index (χ2v) is 9.75. The first-order valence-electron chi connectivity index (χ1n) is 11.9. The Balaban J connectivity index is 1.29. The Hall–Kier alpha value is -1.50. The molecular formula is C24H36N4O2. The van der Waals surface area contributed by atoms with Gasteiger partial charge < -0.3 is 14.5 Å². The fourth-order valence-electron chi connectivity index (χ4n) is 6.38. The number of amides is 1. The smallest absolute Gasteiger partial charge is 0.230 e. The van der Waals surface area contributed by atoms with Crippen molar-refractivity contribution in [2.75, 3.05) is 59.0 Å². The van der Waals surface area contributed by atoms with Gasteiger partial charge in [0.05, 0.1) is 18.6 Å². The van der Waals surface area contributed by atoms with Crippen molar-refractivity contribution in [3.63, 3.8) is 0 Å². The van der Waals surface area contributed by atoms with Crippen LogP contribution in [0.25, 0.3) is 0 Å². The number of morpholine rings is 1. The van der Waals surface area contributed by atoms with Gasteiger partial charge in [-0.3, -0.25) is 14.7 Å². The van der Waals surface area contributed by atoms with Crippen molar-refractivity contribution in [1.29, 1.82) is 0 Å². The monoisotopic (exact) mass is 412 g/mol. The van der Waals surface area contributed by atoms with E-state index < -0.39 is 0 Å². The Morgan fingerprint density at radius 2 is 2.03 bits per heavy atom. The predicted octanol–water partition coefficient (Wildman–Crippen LogP) is 2.22. The molecule has 164 valence electrons. The summed E-state index contributed by atoms with van der Waals surface area (Å²) in [6.45, 7) is 10.9. The van der Waals surface area contributed by atoms with Crippen LogP contribution in [0.15, 0.2) is 24.4 Å². The minimum atomic E-state index is -0.174. The number of hydrogen-bond donors (Lipinski definition) is 0. The minimum Gasteiger partial charge on any atom is -0.379 e. The number of aromatic nitrogens is 1. The molecule has 4 heterocycles. The third-order valence-electron chi connectivity index (χ3n) is 8.27. The zero-order valence-corrected chi connectivity index (χ0v) is 18.3. The molecule has 4 aliphatic rings. The first-order chi connectivity index (χ1) is 14.7. The standard InChI is InChI=1S/C24H36N4O2/c1-2-26-10-7-20-15-21(27-11-13-30-14-12-27)6-8-24(20,18-26)23(29)28-16-19(17-28)22-5-3-4-9-25-22/h3-5,9,19-21H,2,6-8,10-18H2,1H3/t20-,21+,24-/m1/s1. The van der Waals surface area contributed by atoms with Gasteiger partial charge in [-0.25, -0.2) is 0 Å². The number of ether oxygens (including phenoxy) is 1. The number of carbonyl (C=O) groups is 1. The highest BCUT2D eigenvalue weighted by Crippen LogP contribution is 2.49. The van der Waals surface area contributed by atoms with E-state index in [0.29, 0.717) is 23.8 Å². The number of rotatable bonds is 4. The zero-order valence-electron chi connectivity index (χ0n) is 18.3. The summed E-state index contributed by atoms with van der Waals surface area (Å²) in [6, 6.07) is 6.74. The maximum atomic E-state index is 13.9. The maximum Gasteiger partial charge on any atom is 0.230 e. The minimum absolute atomic E-state index is 0.174. The van der Waals surface area contributed by atoms with Crippen LogP contribution in [0.4, 0.5) is 0 Å². The molecule has 3 atom stereocenters. The number of fused-ring (bicyclic) bond motifs is 1. The number of pyridine rings is 1. The average molecular weight is 413 g/mol. The Kier molecular flexibility index (Phi) is 5.82. The van der Waals surface area contributed by atoms with E-state index in [1.807, 2.05) is 12.3 Å². The van der Waals surface area contributed by atoms with Crippen molar-refractivity contribution in [3.05, 3.63) is 30.1 Å². The molecule has 1 saturated carbocycles. The van der Waals surface area contributed by atoms with E-state index in [1.165, 1.54) is 6.42 Å². The molecule has 0 spiro atoms. The van der Waals surface area contributed by atoms with Crippen LogP contribution < -0.4 is 0 Å². The molecular weight excluding hydrogens is 376 g/mol. The van der Waals surface area contributed by atoms with Gasteiger partial charge in [-0.15, -0.1) is 0 Å². The molecule has 0 N–H and O–H groups in total. The predicted molar refractivity (Wildman–Crippen MR) is 116 cm³/mol. The summed E-state index contributed by atoms with van der Waals surface area (Å²) in [5.41, 5.74) is 0.956. The number of carbonyl (C=O) groups excluding carboxylic acids is 1. The van der Waals surface area contributed by atoms with Crippen molar-refractivity contribution in [1.82, 2.24) is 19.7 Å². The van der Waals surface area contributed by atoms with Crippen molar-refractivity contribution in [2.45, 2.75) is 44.6 Å². The molecule has 6 nitrogen and oxygen atoms in total. The van der Waals surface area contributed by atoms with Gasteiger partial charge in [0.15, 0.2) is 0 Å². The quantitative estimate of drug-likeness (QED) is 0.759. The van der Waals surface area contributed by atoms with Crippen LogP contribution in [-0.2, 0) is 9.53 Å². The third kappa shape index (κ3) is 3.67. The van der Waals surface area contributed by atoms with E-state index >= 15 is 0 Å². The lowest BCUT2D eigenvalue weighted by atomic mass is 9.60. The van der Waals surface area contributed by atoms with Crippen LogP contribution in [0.3, 0.4) is 0 Å². The molecule has 1 amide bonds. The molecule has 1 aromatic heterocycles. The summed E-state index contributed by atoms with van der Waals surface area (Å²) in [6.07, 6.45) is 6.40. The second kappa shape index (κ2) is 8.56. The molecule has 0 bridgehead atoms. The van der Waals surface area contributed by atoms with Gasteiger partial charge in [0.25, 0.3) is 0 Å². The summed E-state index contributed by atoms with van der Waals surface area (Å²) < 4.78 is 5.57. The number of likely N-dealkylation sites (tertiary alicyclic amines) is 2. The normalized spacial score (nSPS) is 33.7. The fraction of sp³-hybridized carbons (Fsp3) is 0.750. The molecule has 1 aromatic rings. The summed E-state index contributed by atoms with van der Waals surface area (Å²) in [5.74, 6) is 1.35. The number of nitrogens with zero attached hydrogens (tertiary/aromatic N) is 4. The Bertz CT molecular complexity index is 732. The first-order valence-corrected chi connectivity index (χ1v) is 11.9. The van der Waals surface area contributed by atoms with Crippen LogP contribution >= 0.6 is 0 Å². The molecule has 0 radical (unpaired) electrons. The van der Waals surface area contributed by atoms with Crippen LogP contribution in [0.5, 0.6) is 0 Å². The summed E-state index contributed by atoms with van der Waals surface area (Å²) in [5, 5.41) is 0. The number of piperidine rings is 1. The third-order valence-corrected chi connectivity index (χ3v) is 8.27. The van der Waals surface area contributed by atoms with E-state index in [2.05, 4.69) is 38.7 Å². The molecule has 0 unspecified atom stereocenters. The van der Waals surface area contributed by atoms with Crippen molar-refractivity contribution in [3.8, 4) is 0 Å². The summed E-state index contributed by atoms with van der Waals surface area (Å²) >= 11 is 0. The summed E-state index contributed by atoms with van der Waals surface area (Å²) in [4.78, 5) is 25.7. The highest BCUT2D eigenvalue weighted by molar-refractivity contribution is 5.84. The lowest BCUT2D eigenvalue weighted by molar-refractivity contribution is -0.161. The molecule has 6 heteroatoms. The maximum absolute atomic E-state index is 13.9. The summed E-state index contributed by atoms with van der Waals surface area (Å²) in [7, 11) is 0. The number of hydrogen-bond acceptors (Lipinski definition) is 5. The molecule has 3 aliphatic heterocycles. The molecule has 1 aliphatic carbocycles. The fourth-order valence-corrected chi connectivity index (χ4v) is 6.38. The second-order valence-electron chi connectivity index (χ2n) is 9.75. The van der Waals surface area contributed by atoms with Gasteiger partial charge in [0.1, 0.15) is 0 Å². The van der Waals surface area contributed by atoms with Crippen LogP contribution in [0.1, 0.15) is 44.2 Å². The lowest BCUT2D eigenvalue weighted by Gasteiger charge is -2.56.